The number of aryl methyl sites for hydroxylation is 2. The van der Waals surface area contributed by atoms with Crippen molar-refractivity contribution in [2.45, 2.75) is 129 Å². The molecular formula is C31H50. The van der Waals surface area contributed by atoms with Gasteiger partial charge < -0.3 is 0 Å². The fraction of sp³-hybridized carbons (Fsp3) is 0.806. The number of fused-ring (bicyclic) bond motifs is 2. The molecular weight excluding hydrogens is 372 g/mol. The Morgan fingerprint density at radius 1 is 0.677 bits per heavy atom. The fourth-order valence-electron chi connectivity index (χ4n) is 7.55. The Hall–Kier alpha value is -0.780. The van der Waals surface area contributed by atoms with E-state index in [0.717, 1.165) is 29.6 Å². The smallest absolute Gasteiger partial charge is 0.0245 e. The predicted octanol–water partition coefficient (Wildman–Crippen LogP) is 9.33. The third kappa shape index (κ3) is 6.39. The minimum atomic E-state index is 0.978. The summed E-state index contributed by atoms with van der Waals surface area (Å²) in [5.41, 5.74) is 4.99. The minimum absolute atomic E-state index is 0.978. The largest absolute Gasteiger partial charge is 0.0654 e. The first-order valence-corrected chi connectivity index (χ1v) is 14.4. The zero-order valence-corrected chi connectivity index (χ0v) is 20.8. The molecule has 3 aliphatic rings. The standard InChI is InChI=1S/C31H50/c1-3-5-7-9-11-25-13-15-29-23-31(19-17-27(29)21-25)30-18-16-26-20-24(10-8-6-4-2)12-14-28(26)22-30/h12,14,20,25,27,29-31H,3-11,13,15-19,21-23H2,1-2H3. The van der Waals surface area contributed by atoms with E-state index in [4.69, 9.17) is 0 Å². The van der Waals surface area contributed by atoms with Gasteiger partial charge in [0.2, 0.25) is 0 Å². The third-order valence-electron chi connectivity index (χ3n) is 9.50. The molecule has 2 fully saturated rings. The Bertz CT molecular complexity index is 658. The molecule has 4 rings (SSSR count). The Balaban J connectivity index is 1.24. The number of rotatable bonds is 10. The van der Waals surface area contributed by atoms with E-state index >= 15 is 0 Å². The molecule has 0 heteroatoms. The van der Waals surface area contributed by atoms with Crippen LogP contribution in [0.1, 0.15) is 127 Å². The monoisotopic (exact) mass is 422 g/mol. The molecule has 5 unspecified atom stereocenters. The van der Waals surface area contributed by atoms with Gasteiger partial charge in [-0.15, -0.1) is 0 Å². The van der Waals surface area contributed by atoms with Crippen LogP contribution in [0.3, 0.4) is 0 Å². The summed E-state index contributed by atoms with van der Waals surface area (Å²) in [4.78, 5) is 0. The number of hydrogen-bond acceptors (Lipinski definition) is 0. The lowest BCUT2D eigenvalue weighted by Gasteiger charge is -2.45. The lowest BCUT2D eigenvalue weighted by atomic mass is 9.61. The summed E-state index contributed by atoms with van der Waals surface area (Å²) in [7, 11) is 0. The second kappa shape index (κ2) is 11.9. The molecule has 0 aliphatic heterocycles. The van der Waals surface area contributed by atoms with Gasteiger partial charge >= 0.3 is 0 Å². The molecule has 0 heterocycles. The van der Waals surface area contributed by atoms with E-state index < -0.39 is 0 Å². The molecule has 0 saturated heterocycles. The second-order valence-electron chi connectivity index (χ2n) is 11.7. The first-order valence-electron chi connectivity index (χ1n) is 14.4. The zero-order valence-electron chi connectivity index (χ0n) is 20.8. The van der Waals surface area contributed by atoms with E-state index in [1.165, 1.54) is 77.0 Å². The van der Waals surface area contributed by atoms with Gasteiger partial charge in [-0.05, 0) is 110 Å². The number of benzene rings is 1. The molecule has 0 nitrogen and oxygen atoms in total. The molecule has 0 spiro atoms. The van der Waals surface area contributed by atoms with Crippen LogP contribution in [0.4, 0.5) is 0 Å². The van der Waals surface area contributed by atoms with Crippen molar-refractivity contribution in [3.05, 3.63) is 34.9 Å². The van der Waals surface area contributed by atoms with Crippen LogP contribution in [-0.4, -0.2) is 0 Å². The highest BCUT2D eigenvalue weighted by Crippen LogP contribution is 2.49. The van der Waals surface area contributed by atoms with Crippen molar-refractivity contribution in [1.82, 2.24) is 0 Å². The maximum Gasteiger partial charge on any atom is -0.0245 e. The second-order valence-corrected chi connectivity index (χ2v) is 11.7. The van der Waals surface area contributed by atoms with Crippen LogP contribution in [0.15, 0.2) is 18.2 Å². The average molecular weight is 423 g/mol. The van der Waals surface area contributed by atoms with Crippen molar-refractivity contribution in [2.24, 2.45) is 29.6 Å². The van der Waals surface area contributed by atoms with Gasteiger partial charge in [0.05, 0.1) is 0 Å². The molecule has 3 aliphatic carbocycles. The van der Waals surface area contributed by atoms with E-state index in [1.807, 2.05) is 0 Å². The van der Waals surface area contributed by atoms with Gasteiger partial charge in [-0.2, -0.15) is 0 Å². The van der Waals surface area contributed by atoms with Crippen LogP contribution in [0.5, 0.6) is 0 Å². The highest BCUT2D eigenvalue weighted by Gasteiger charge is 2.38. The van der Waals surface area contributed by atoms with E-state index in [1.54, 1.807) is 55.2 Å². The molecule has 0 N–H and O–H groups in total. The van der Waals surface area contributed by atoms with Crippen molar-refractivity contribution in [2.75, 3.05) is 0 Å². The minimum Gasteiger partial charge on any atom is -0.0654 e. The van der Waals surface area contributed by atoms with Crippen molar-refractivity contribution in [1.29, 1.82) is 0 Å². The number of unbranched alkanes of at least 4 members (excludes halogenated alkanes) is 5. The van der Waals surface area contributed by atoms with Crippen molar-refractivity contribution in [3.63, 3.8) is 0 Å². The van der Waals surface area contributed by atoms with Crippen LogP contribution in [0.2, 0.25) is 0 Å². The van der Waals surface area contributed by atoms with E-state index in [9.17, 15) is 0 Å². The maximum atomic E-state index is 2.57. The van der Waals surface area contributed by atoms with Gasteiger partial charge in [-0.1, -0.05) is 83.4 Å². The third-order valence-corrected chi connectivity index (χ3v) is 9.50. The molecule has 5 atom stereocenters. The molecule has 2 saturated carbocycles. The van der Waals surface area contributed by atoms with E-state index in [2.05, 4.69) is 32.0 Å². The Morgan fingerprint density at radius 2 is 1.42 bits per heavy atom. The first-order chi connectivity index (χ1) is 15.3. The van der Waals surface area contributed by atoms with Gasteiger partial charge in [-0.25, -0.2) is 0 Å². The molecule has 0 radical (unpaired) electrons. The summed E-state index contributed by atoms with van der Waals surface area (Å²) < 4.78 is 0. The van der Waals surface area contributed by atoms with E-state index in [-0.39, 0.29) is 0 Å². The summed E-state index contributed by atoms with van der Waals surface area (Å²) >= 11 is 0. The van der Waals surface area contributed by atoms with Gasteiger partial charge in [0, 0.05) is 0 Å². The molecule has 1 aromatic rings. The first kappa shape index (κ1) is 23.4. The van der Waals surface area contributed by atoms with Gasteiger partial charge in [0.25, 0.3) is 0 Å². The molecule has 1 aromatic carbocycles. The summed E-state index contributed by atoms with van der Waals surface area (Å²) in [6.07, 6.45) is 26.3. The average Bonchev–Trinajstić information content (AvgIpc) is 2.81. The molecule has 31 heavy (non-hydrogen) atoms. The molecule has 0 aromatic heterocycles. The van der Waals surface area contributed by atoms with Crippen LogP contribution < -0.4 is 0 Å². The summed E-state index contributed by atoms with van der Waals surface area (Å²) in [5.74, 6) is 5.24. The highest BCUT2D eigenvalue weighted by molar-refractivity contribution is 5.34. The Kier molecular flexibility index (Phi) is 8.98. The molecule has 0 bridgehead atoms. The Morgan fingerprint density at radius 3 is 2.26 bits per heavy atom. The van der Waals surface area contributed by atoms with E-state index in [0.29, 0.717) is 0 Å². The topological polar surface area (TPSA) is 0 Å². The van der Waals surface area contributed by atoms with Crippen LogP contribution >= 0.6 is 0 Å². The normalized spacial score (nSPS) is 30.6. The SMILES string of the molecule is CCCCCCC1CCC2CC(C3CCc4cc(CCCCC)ccc4C3)CCC2C1. The van der Waals surface area contributed by atoms with Crippen LogP contribution in [0, 0.1) is 29.6 Å². The van der Waals surface area contributed by atoms with Crippen LogP contribution in [0.25, 0.3) is 0 Å². The van der Waals surface area contributed by atoms with Gasteiger partial charge in [0.15, 0.2) is 0 Å². The highest BCUT2D eigenvalue weighted by atomic mass is 14.4. The van der Waals surface area contributed by atoms with Crippen LogP contribution in [-0.2, 0) is 19.3 Å². The Labute approximate surface area is 194 Å². The van der Waals surface area contributed by atoms with Gasteiger partial charge in [0.1, 0.15) is 0 Å². The molecule has 0 amide bonds. The quantitative estimate of drug-likeness (QED) is 0.329. The lowest BCUT2D eigenvalue weighted by Crippen LogP contribution is -2.35. The summed E-state index contributed by atoms with van der Waals surface area (Å²) in [6.45, 7) is 4.64. The number of hydrogen-bond donors (Lipinski definition) is 0. The maximum absolute atomic E-state index is 2.57. The lowest BCUT2D eigenvalue weighted by molar-refractivity contribution is 0.0690. The zero-order chi connectivity index (χ0) is 21.5. The van der Waals surface area contributed by atoms with Gasteiger partial charge in [-0.3, -0.25) is 0 Å². The molecule has 174 valence electrons. The van der Waals surface area contributed by atoms with Crippen molar-refractivity contribution < 1.29 is 0 Å². The predicted molar refractivity (Wildman–Crippen MR) is 136 cm³/mol. The van der Waals surface area contributed by atoms with Crippen molar-refractivity contribution >= 4 is 0 Å². The summed E-state index contributed by atoms with van der Waals surface area (Å²) in [5, 5.41) is 0. The summed E-state index contributed by atoms with van der Waals surface area (Å²) in [6, 6.07) is 7.54. The van der Waals surface area contributed by atoms with Crippen molar-refractivity contribution in [3.8, 4) is 0 Å². The fourth-order valence-corrected chi connectivity index (χ4v) is 7.55.